The quantitative estimate of drug-likeness (QED) is 0.119. The van der Waals surface area contributed by atoms with E-state index in [-0.39, 0.29) is 6.71 Å². The normalized spacial score (nSPS) is 12.7. The molecule has 11 rings (SSSR count). The summed E-state index contributed by atoms with van der Waals surface area (Å²) < 4.78 is 0. The van der Waals surface area contributed by atoms with Gasteiger partial charge in [-0.2, -0.15) is 0 Å². The Morgan fingerprint density at radius 1 is 0.293 bits per heavy atom. The molecule has 0 spiro atoms. The molecule has 58 heavy (non-hydrogen) atoms. The molecule has 2 aliphatic heterocycles. The number of benzene rings is 9. The van der Waals surface area contributed by atoms with Gasteiger partial charge in [0.1, 0.15) is 0 Å². The third-order valence-electron chi connectivity index (χ3n) is 12.2. The van der Waals surface area contributed by atoms with Crippen molar-refractivity contribution in [1.82, 2.24) is 0 Å². The van der Waals surface area contributed by atoms with Gasteiger partial charge in [0.05, 0.1) is 0 Å². The van der Waals surface area contributed by atoms with Crippen LogP contribution in [0.3, 0.4) is 0 Å². The lowest BCUT2D eigenvalue weighted by atomic mass is 9.33. The molecular weight excluding hydrogens is 716 g/mol. The molecule has 0 saturated heterocycles. The zero-order chi connectivity index (χ0) is 38.5. The smallest absolute Gasteiger partial charge is 0.252 e. The molecule has 272 valence electrons. The summed E-state index contributed by atoms with van der Waals surface area (Å²) in [5.41, 5.74) is 13.5. The van der Waals surface area contributed by atoms with Crippen LogP contribution in [0.2, 0.25) is 0 Å². The molecule has 9 aromatic rings. The Hall–Kier alpha value is -7.14. The highest BCUT2D eigenvalue weighted by molar-refractivity contribution is 7.20. The standard InChI is InChI=1S/C54H39BN2Si/c1-6-22-42(23-7-1)56-50-35-18-16-33-48(50)55-49-34-17-19-36-51(49)57(43-24-8-2-9-25-43)53-39-41(38-52(56)54(53)55)40-21-20-32-47(37-40)58(44-26-10-3-11-27-44,45-28-12-4-13-29-45)46-30-14-5-15-31-46/h1-39H. The molecule has 0 radical (unpaired) electrons. The zero-order valence-electron chi connectivity index (χ0n) is 32.0. The highest BCUT2D eigenvalue weighted by Crippen LogP contribution is 2.45. The van der Waals surface area contributed by atoms with E-state index < -0.39 is 8.07 Å². The van der Waals surface area contributed by atoms with E-state index in [4.69, 9.17) is 0 Å². The van der Waals surface area contributed by atoms with Crippen LogP contribution in [0.15, 0.2) is 237 Å². The van der Waals surface area contributed by atoms with E-state index in [1.54, 1.807) is 0 Å². The first-order valence-corrected chi connectivity index (χ1v) is 22.1. The minimum Gasteiger partial charge on any atom is -0.311 e. The van der Waals surface area contributed by atoms with Gasteiger partial charge in [0.15, 0.2) is 8.07 Å². The lowest BCUT2D eigenvalue weighted by Crippen LogP contribution is -2.74. The van der Waals surface area contributed by atoms with E-state index in [2.05, 4.69) is 246 Å². The van der Waals surface area contributed by atoms with Gasteiger partial charge in [-0.15, -0.1) is 0 Å². The van der Waals surface area contributed by atoms with Crippen LogP contribution in [0.25, 0.3) is 11.1 Å². The van der Waals surface area contributed by atoms with Crippen LogP contribution in [-0.4, -0.2) is 14.8 Å². The Balaban J connectivity index is 1.21. The molecule has 0 amide bonds. The maximum atomic E-state index is 2.50. The molecule has 0 N–H and O–H groups in total. The third-order valence-corrected chi connectivity index (χ3v) is 16.9. The van der Waals surface area contributed by atoms with Crippen molar-refractivity contribution in [2.45, 2.75) is 0 Å². The number of hydrogen-bond acceptors (Lipinski definition) is 2. The topological polar surface area (TPSA) is 6.48 Å². The first kappa shape index (κ1) is 34.1. The Labute approximate surface area is 342 Å². The molecule has 2 aliphatic rings. The minimum absolute atomic E-state index is 0.0759. The van der Waals surface area contributed by atoms with Crippen molar-refractivity contribution >= 4 is 86.0 Å². The second-order valence-corrected chi connectivity index (χ2v) is 19.1. The van der Waals surface area contributed by atoms with Crippen LogP contribution in [-0.2, 0) is 0 Å². The van der Waals surface area contributed by atoms with Gasteiger partial charge in [-0.25, -0.2) is 0 Å². The van der Waals surface area contributed by atoms with E-state index in [0.717, 1.165) is 11.4 Å². The van der Waals surface area contributed by atoms with Crippen LogP contribution in [0.4, 0.5) is 34.1 Å². The fourth-order valence-electron chi connectivity index (χ4n) is 9.77. The summed E-state index contributed by atoms with van der Waals surface area (Å²) in [5.74, 6) is 0. The minimum atomic E-state index is -2.76. The third kappa shape index (κ3) is 5.33. The molecule has 0 aromatic heterocycles. The number of hydrogen-bond donors (Lipinski definition) is 0. The van der Waals surface area contributed by atoms with Crippen molar-refractivity contribution in [2.75, 3.05) is 9.80 Å². The molecule has 2 heterocycles. The summed E-state index contributed by atoms with van der Waals surface area (Å²) in [6, 6.07) is 87.8. The molecule has 0 unspecified atom stereocenters. The highest BCUT2D eigenvalue weighted by Gasteiger charge is 2.44. The summed E-state index contributed by atoms with van der Waals surface area (Å²) in [6.07, 6.45) is 0. The van der Waals surface area contributed by atoms with E-state index in [0.29, 0.717) is 0 Å². The lowest BCUT2D eigenvalue weighted by molar-refractivity contribution is 1.25. The second kappa shape index (κ2) is 14.1. The van der Waals surface area contributed by atoms with E-state index in [1.165, 1.54) is 71.0 Å². The van der Waals surface area contributed by atoms with E-state index >= 15 is 0 Å². The van der Waals surface area contributed by atoms with Crippen molar-refractivity contribution < 1.29 is 0 Å². The molecule has 4 heteroatoms. The Bertz CT molecular complexity index is 2690. The van der Waals surface area contributed by atoms with Crippen LogP contribution in [0.5, 0.6) is 0 Å². The largest absolute Gasteiger partial charge is 0.311 e. The average Bonchev–Trinajstić information content (AvgIpc) is 3.31. The van der Waals surface area contributed by atoms with Gasteiger partial charge in [0.2, 0.25) is 0 Å². The number of nitrogens with zero attached hydrogens (tertiary/aromatic N) is 2. The van der Waals surface area contributed by atoms with Crippen LogP contribution < -0.4 is 46.9 Å². The highest BCUT2D eigenvalue weighted by atomic mass is 28.3. The monoisotopic (exact) mass is 754 g/mol. The lowest BCUT2D eigenvalue weighted by Gasteiger charge is -2.44. The Morgan fingerprint density at radius 3 is 1.12 bits per heavy atom. The van der Waals surface area contributed by atoms with Gasteiger partial charge >= 0.3 is 0 Å². The maximum absolute atomic E-state index is 2.76. The van der Waals surface area contributed by atoms with E-state index in [9.17, 15) is 0 Å². The molecule has 2 nitrogen and oxygen atoms in total. The van der Waals surface area contributed by atoms with Crippen molar-refractivity contribution in [2.24, 2.45) is 0 Å². The predicted molar refractivity (Wildman–Crippen MR) is 250 cm³/mol. The molecule has 0 atom stereocenters. The van der Waals surface area contributed by atoms with Crippen LogP contribution in [0, 0.1) is 0 Å². The fourth-order valence-corrected chi connectivity index (χ4v) is 14.6. The first-order valence-electron chi connectivity index (χ1n) is 20.1. The van der Waals surface area contributed by atoms with Crippen molar-refractivity contribution in [1.29, 1.82) is 0 Å². The zero-order valence-corrected chi connectivity index (χ0v) is 33.0. The summed E-state index contributed by atoms with van der Waals surface area (Å²) in [5, 5.41) is 5.46. The fraction of sp³-hybridized carbons (Fsp3) is 0. The average molecular weight is 755 g/mol. The van der Waals surface area contributed by atoms with Gasteiger partial charge in [-0.05, 0) is 96.8 Å². The Morgan fingerprint density at radius 2 is 0.672 bits per heavy atom. The van der Waals surface area contributed by atoms with Gasteiger partial charge in [0.25, 0.3) is 6.71 Å². The van der Waals surface area contributed by atoms with Gasteiger partial charge in [0, 0.05) is 34.1 Å². The number of rotatable bonds is 7. The molecule has 9 aromatic carbocycles. The van der Waals surface area contributed by atoms with Gasteiger partial charge < -0.3 is 9.80 Å². The van der Waals surface area contributed by atoms with Gasteiger partial charge in [-0.3, -0.25) is 0 Å². The van der Waals surface area contributed by atoms with Crippen molar-refractivity contribution in [3.63, 3.8) is 0 Å². The van der Waals surface area contributed by atoms with Crippen LogP contribution >= 0.6 is 0 Å². The molecule has 0 bridgehead atoms. The summed E-state index contributed by atoms with van der Waals surface area (Å²) in [7, 11) is -2.76. The molecule has 0 aliphatic carbocycles. The summed E-state index contributed by atoms with van der Waals surface area (Å²) >= 11 is 0. The summed E-state index contributed by atoms with van der Waals surface area (Å²) in [4.78, 5) is 4.98. The first-order chi connectivity index (χ1) is 28.8. The molecule has 0 saturated carbocycles. The van der Waals surface area contributed by atoms with E-state index in [1.807, 2.05) is 0 Å². The second-order valence-electron chi connectivity index (χ2n) is 15.2. The maximum Gasteiger partial charge on any atom is 0.252 e. The summed E-state index contributed by atoms with van der Waals surface area (Å²) in [6.45, 7) is 0.0759. The molecule has 0 fully saturated rings. The number of para-hydroxylation sites is 4. The SMILES string of the molecule is c1ccc(N2c3ccccc3B3c4ccccc4N(c4ccccc4)c4cc(-c5cccc([Si](c6ccccc6)(c6ccccc6)c6ccccc6)c5)cc2c43)cc1. The van der Waals surface area contributed by atoms with Crippen LogP contribution in [0.1, 0.15) is 0 Å². The number of fused-ring (bicyclic) bond motifs is 4. The number of anilines is 6. The van der Waals surface area contributed by atoms with Gasteiger partial charge in [-0.1, -0.05) is 188 Å². The predicted octanol–water partition coefficient (Wildman–Crippen LogP) is 8.81. The molecular formula is C54H39BN2Si. The Kier molecular flexibility index (Phi) is 8.30. The van der Waals surface area contributed by atoms with Crippen molar-refractivity contribution in [3.05, 3.63) is 237 Å². The van der Waals surface area contributed by atoms with Crippen molar-refractivity contribution in [3.8, 4) is 11.1 Å².